The van der Waals surface area contributed by atoms with Crippen molar-refractivity contribution in [3.63, 3.8) is 0 Å². The van der Waals surface area contributed by atoms with Gasteiger partial charge < -0.3 is 5.32 Å². The fourth-order valence-electron chi connectivity index (χ4n) is 1.89. The van der Waals surface area contributed by atoms with Crippen molar-refractivity contribution in [1.29, 1.82) is 0 Å². The highest BCUT2D eigenvalue weighted by atomic mass is 32.2. The van der Waals surface area contributed by atoms with Gasteiger partial charge in [-0.3, -0.25) is 4.72 Å². The molecule has 0 spiro atoms. The summed E-state index contributed by atoms with van der Waals surface area (Å²) in [5, 5.41) is 10.3. The zero-order valence-corrected chi connectivity index (χ0v) is 14.2. The van der Waals surface area contributed by atoms with Gasteiger partial charge in [-0.1, -0.05) is 13.3 Å². The molecule has 0 saturated heterocycles. The van der Waals surface area contributed by atoms with Crippen molar-refractivity contribution >= 4 is 27.3 Å². The number of anilines is 3. The minimum Gasteiger partial charge on any atom is -0.339 e. The van der Waals surface area contributed by atoms with Crippen LogP contribution < -0.4 is 10.0 Å². The third kappa shape index (κ3) is 5.89. The molecule has 1 aromatic heterocycles. The van der Waals surface area contributed by atoms with Crippen molar-refractivity contribution in [3.05, 3.63) is 42.0 Å². The summed E-state index contributed by atoms with van der Waals surface area (Å²) in [4.78, 5) is 0. The van der Waals surface area contributed by atoms with Gasteiger partial charge in [0.1, 0.15) is 0 Å². The number of alkyl halides is 3. The summed E-state index contributed by atoms with van der Waals surface area (Å²) in [5.74, 6) is 0.349. The van der Waals surface area contributed by atoms with Gasteiger partial charge in [-0.05, 0) is 42.8 Å². The highest BCUT2D eigenvalue weighted by molar-refractivity contribution is 7.92. The first-order chi connectivity index (χ1) is 11.7. The van der Waals surface area contributed by atoms with Crippen LogP contribution in [-0.4, -0.2) is 24.4 Å². The van der Waals surface area contributed by atoms with Gasteiger partial charge in [0.15, 0.2) is 11.6 Å². The summed E-state index contributed by atoms with van der Waals surface area (Å²) in [6, 6.07) is 7.33. The standard InChI is InChI=1S/C15H17F3N4O2S/c1-2-3-10-25(23,24)22-14-9-8-13(20-21-14)19-12-6-4-11(5-7-12)15(16,17)18/h4-9H,2-3,10H2,1H3,(H,19,20)(H,21,22). The van der Waals surface area contributed by atoms with Gasteiger partial charge in [-0.15, -0.1) is 10.2 Å². The molecule has 1 aromatic carbocycles. The number of rotatable bonds is 7. The van der Waals surface area contributed by atoms with Gasteiger partial charge in [-0.25, -0.2) is 8.42 Å². The smallest absolute Gasteiger partial charge is 0.339 e. The van der Waals surface area contributed by atoms with Crippen LogP contribution in [0.1, 0.15) is 25.3 Å². The summed E-state index contributed by atoms with van der Waals surface area (Å²) in [7, 11) is -3.47. The van der Waals surface area contributed by atoms with Gasteiger partial charge >= 0.3 is 6.18 Å². The van der Waals surface area contributed by atoms with Crippen LogP contribution in [-0.2, 0) is 16.2 Å². The summed E-state index contributed by atoms with van der Waals surface area (Å²) in [6.45, 7) is 1.89. The Balaban J connectivity index is 2.01. The predicted octanol–water partition coefficient (Wildman–Crippen LogP) is 3.78. The summed E-state index contributed by atoms with van der Waals surface area (Å²) >= 11 is 0. The number of benzene rings is 1. The number of hydrogen-bond acceptors (Lipinski definition) is 5. The lowest BCUT2D eigenvalue weighted by Gasteiger charge is -2.09. The van der Waals surface area contributed by atoms with Gasteiger partial charge in [0, 0.05) is 5.69 Å². The Labute approximate surface area is 143 Å². The molecule has 1 heterocycles. The molecular weight excluding hydrogens is 357 g/mol. The molecule has 10 heteroatoms. The molecule has 0 amide bonds. The SMILES string of the molecule is CCCCS(=O)(=O)Nc1ccc(Nc2ccc(C(F)(F)F)cc2)nn1. The third-order valence-corrected chi connectivity index (χ3v) is 4.52. The van der Waals surface area contributed by atoms with Crippen LogP contribution in [0.3, 0.4) is 0 Å². The molecule has 0 atom stereocenters. The van der Waals surface area contributed by atoms with E-state index in [0.29, 0.717) is 12.1 Å². The summed E-state index contributed by atoms with van der Waals surface area (Å²) in [5.41, 5.74) is -0.348. The van der Waals surface area contributed by atoms with E-state index in [9.17, 15) is 21.6 Å². The molecule has 2 aromatic rings. The molecule has 0 aliphatic heterocycles. The lowest BCUT2D eigenvalue weighted by molar-refractivity contribution is -0.137. The maximum atomic E-state index is 12.5. The second-order valence-corrected chi connectivity index (χ2v) is 7.12. The quantitative estimate of drug-likeness (QED) is 0.771. The van der Waals surface area contributed by atoms with E-state index in [4.69, 9.17) is 0 Å². The number of nitrogens with zero attached hydrogens (tertiary/aromatic N) is 2. The number of hydrogen-bond donors (Lipinski definition) is 2. The Morgan fingerprint density at radius 3 is 2.12 bits per heavy atom. The van der Waals surface area contributed by atoms with Crippen molar-refractivity contribution in [1.82, 2.24) is 10.2 Å². The molecule has 0 bridgehead atoms. The van der Waals surface area contributed by atoms with Gasteiger partial charge in [0.2, 0.25) is 10.0 Å². The minimum atomic E-state index is -4.39. The zero-order chi connectivity index (χ0) is 18.5. The van der Waals surface area contributed by atoms with Crippen LogP contribution in [0, 0.1) is 0 Å². The molecule has 0 aliphatic carbocycles. The average Bonchev–Trinajstić information content (AvgIpc) is 2.54. The highest BCUT2D eigenvalue weighted by Gasteiger charge is 2.29. The molecule has 0 radical (unpaired) electrons. The van der Waals surface area contributed by atoms with Crippen molar-refractivity contribution in [2.75, 3.05) is 15.8 Å². The Morgan fingerprint density at radius 1 is 1.00 bits per heavy atom. The molecule has 0 aliphatic rings. The van der Waals surface area contributed by atoms with Crippen LogP contribution in [0.2, 0.25) is 0 Å². The van der Waals surface area contributed by atoms with Crippen LogP contribution in [0.4, 0.5) is 30.5 Å². The number of aromatic nitrogens is 2. The van der Waals surface area contributed by atoms with Crippen LogP contribution in [0.25, 0.3) is 0 Å². The van der Waals surface area contributed by atoms with Crippen molar-refractivity contribution in [2.24, 2.45) is 0 Å². The Morgan fingerprint density at radius 2 is 1.60 bits per heavy atom. The van der Waals surface area contributed by atoms with Crippen molar-refractivity contribution in [2.45, 2.75) is 25.9 Å². The van der Waals surface area contributed by atoms with E-state index in [2.05, 4.69) is 20.2 Å². The lowest BCUT2D eigenvalue weighted by Crippen LogP contribution is -2.17. The third-order valence-electron chi connectivity index (χ3n) is 3.18. The molecule has 6 nitrogen and oxygen atoms in total. The Bertz CT molecular complexity index is 791. The van der Waals surface area contributed by atoms with E-state index in [-0.39, 0.29) is 17.4 Å². The topological polar surface area (TPSA) is 84.0 Å². The normalized spacial score (nSPS) is 12.0. The van der Waals surface area contributed by atoms with Gasteiger partial charge in [0.05, 0.1) is 11.3 Å². The van der Waals surface area contributed by atoms with E-state index in [1.165, 1.54) is 24.3 Å². The minimum absolute atomic E-state index is 0.00324. The molecule has 0 fully saturated rings. The van der Waals surface area contributed by atoms with Crippen LogP contribution in [0.15, 0.2) is 36.4 Å². The van der Waals surface area contributed by atoms with E-state index < -0.39 is 21.8 Å². The first kappa shape index (κ1) is 19.0. The van der Waals surface area contributed by atoms with Gasteiger partial charge in [0.25, 0.3) is 0 Å². The predicted molar refractivity (Wildman–Crippen MR) is 89.1 cm³/mol. The molecule has 136 valence electrons. The Kier molecular flexibility index (Phi) is 5.83. The summed E-state index contributed by atoms with van der Waals surface area (Å²) in [6.07, 6.45) is -3.10. The van der Waals surface area contributed by atoms with E-state index >= 15 is 0 Å². The van der Waals surface area contributed by atoms with E-state index in [0.717, 1.165) is 18.6 Å². The number of nitrogens with one attached hydrogen (secondary N) is 2. The van der Waals surface area contributed by atoms with Crippen molar-refractivity contribution < 1.29 is 21.6 Å². The van der Waals surface area contributed by atoms with Crippen LogP contribution >= 0.6 is 0 Å². The molecule has 0 unspecified atom stereocenters. The monoisotopic (exact) mass is 374 g/mol. The van der Waals surface area contributed by atoms with E-state index in [1.54, 1.807) is 0 Å². The molecular formula is C15H17F3N4O2S. The molecule has 0 saturated carbocycles. The zero-order valence-electron chi connectivity index (χ0n) is 13.3. The maximum Gasteiger partial charge on any atom is 0.416 e. The molecule has 25 heavy (non-hydrogen) atoms. The largest absolute Gasteiger partial charge is 0.416 e. The number of halogens is 3. The first-order valence-corrected chi connectivity index (χ1v) is 9.13. The second-order valence-electron chi connectivity index (χ2n) is 5.28. The van der Waals surface area contributed by atoms with E-state index in [1.807, 2.05) is 6.92 Å². The Hall–Kier alpha value is -2.36. The first-order valence-electron chi connectivity index (χ1n) is 7.48. The maximum absolute atomic E-state index is 12.5. The van der Waals surface area contributed by atoms with Crippen LogP contribution in [0.5, 0.6) is 0 Å². The second kappa shape index (κ2) is 7.68. The fourth-order valence-corrected chi connectivity index (χ4v) is 3.09. The van der Waals surface area contributed by atoms with Gasteiger partial charge in [-0.2, -0.15) is 13.2 Å². The molecule has 2 N–H and O–H groups in total. The average molecular weight is 374 g/mol. The molecule has 2 rings (SSSR count). The fraction of sp³-hybridized carbons (Fsp3) is 0.333. The van der Waals surface area contributed by atoms with Crippen molar-refractivity contribution in [3.8, 4) is 0 Å². The summed E-state index contributed by atoms with van der Waals surface area (Å²) < 4.78 is 63.4. The highest BCUT2D eigenvalue weighted by Crippen LogP contribution is 2.30. The number of unbranched alkanes of at least 4 members (excludes halogenated alkanes) is 1. The number of sulfonamides is 1. The lowest BCUT2D eigenvalue weighted by atomic mass is 10.2.